The SMILES string of the molecule is CCOc1n[nH]c(NC(=O)Cc2c(F)cccc2F)n1. The van der Waals surface area contributed by atoms with E-state index in [2.05, 4.69) is 20.5 Å². The minimum atomic E-state index is -0.771. The highest BCUT2D eigenvalue weighted by molar-refractivity contribution is 5.90. The number of H-pyrrole nitrogens is 1. The fourth-order valence-corrected chi connectivity index (χ4v) is 1.53. The van der Waals surface area contributed by atoms with Gasteiger partial charge in [0.1, 0.15) is 11.6 Å². The van der Waals surface area contributed by atoms with E-state index in [-0.39, 0.29) is 17.5 Å². The van der Waals surface area contributed by atoms with Crippen molar-refractivity contribution in [1.29, 1.82) is 0 Å². The Bertz CT molecular complexity index is 595. The molecule has 0 saturated heterocycles. The third-order valence-electron chi connectivity index (χ3n) is 2.40. The largest absolute Gasteiger partial charge is 0.463 e. The van der Waals surface area contributed by atoms with Gasteiger partial charge in [-0.15, -0.1) is 5.10 Å². The smallest absolute Gasteiger partial charge is 0.337 e. The lowest BCUT2D eigenvalue weighted by atomic mass is 10.1. The zero-order chi connectivity index (χ0) is 14.5. The summed E-state index contributed by atoms with van der Waals surface area (Å²) in [6, 6.07) is 3.50. The average molecular weight is 282 g/mol. The summed E-state index contributed by atoms with van der Waals surface area (Å²) >= 11 is 0. The van der Waals surface area contributed by atoms with E-state index < -0.39 is 24.0 Å². The second kappa shape index (κ2) is 6.09. The first-order chi connectivity index (χ1) is 9.60. The Kier molecular flexibility index (Phi) is 4.24. The molecule has 0 unspecified atom stereocenters. The molecule has 2 N–H and O–H groups in total. The third-order valence-corrected chi connectivity index (χ3v) is 2.40. The summed E-state index contributed by atoms with van der Waals surface area (Å²) in [7, 11) is 0. The van der Waals surface area contributed by atoms with Crippen molar-refractivity contribution in [2.75, 3.05) is 11.9 Å². The van der Waals surface area contributed by atoms with Gasteiger partial charge in [-0.2, -0.15) is 4.98 Å². The molecule has 20 heavy (non-hydrogen) atoms. The van der Waals surface area contributed by atoms with Crippen molar-refractivity contribution in [2.45, 2.75) is 13.3 Å². The topological polar surface area (TPSA) is 79.9 Å². The van der Waals surface area contributed by atoms with Crippen molar-refractivity contribution in [1.82, 2.24) is 15.2 Å². The molecule has 1 amide bonds. The zero-order valence-corrected chi connectivity index (χ0v) is 10.6. The number of aromatic amines is 1. The maximum Gasteiger partial charge on any atom is 0.337 e. The van der Waals surface area contributed by atoms with Crippen LogP contribution in [0.5, 0.6) is 6.01 Å². The molecular weight excluding hydrogens is 270 g/mol. The number of hydrogen-bond donors (Lipinski definition) is 2. The van der Waals surface area contributed by atoms with Crippen molar-refractivity contribution in [3.8, 4) is 6.01 Å². The highest BCUT2D eigenvalue weighted by atomic mass is 19.1. The van der Waals surface area contributed by atoms with Crippen LogP contribution in [0.25, 0.3) is 0 Å². The second-order valence-electron chi connectivity index (χ2n) is 3.82. The molecule has 1 heterocycles. The van der Waals surface area contributed by atoms with Crippen LogP contribution >= 0.6 is 0 Å². The minimum Gasteiger partial charge on any atom is -0.463 e. The molecule has 0 bridgehead atoms. The van der Waals surface area contributed by atoms with Gasteiger partial charge in [-0.05, 0) is 19.1 Å². The molecule has 2 aromatic rings. The van der Waals surface area contributed by atoms with E-state index in [0.29, 0.717) is 6.61 Å². The van der Waals surface area contributed by atoms with Gasteiger partial charge in [0.05, 0.1) is 13.0 Å². The summed E-state index contributed by atoms with van der Waals surface area (Å²) < 4.78 is 31.8. The molecule has 0 saturated carbocycles. The fraction of sp³-hybridized carbons (Fsp3) is 0.250. The monoisotopic (exact) mass is 282 g/mol. The van der Waals surface area contributed by atoms with Crippen molar-refractivity contribution in [2.24, 2.45) is 0 Å². The molecule has 0 aliphatic carbocycles. The number of nitrogens with one attached hydrogen (secondary N) is 2. The number of benzene rings is 1. The summed E-state index contributed by atoms with van der Waals surface area (Å²) in [5.41, 5.74) is -0.297. The van der Waals surface area contributed by atoms with Gasteiger partial charge >= 0.3 is 6.01 Å². The molecule has 0 aliphatic heterocycles. The predicted molar refractivity (Wildman–Crippen MR) is 66.2 cm³/mol. The number of anilines is 1. The molecule has 106 valence electrons. The first-order valence-corrected chi connectivity index (χ1v) is 5.88. The van der Waals surface area contributed by atoms with E-state index >= 15 is 0 Å². The molecule has 0 atom stereocenters. The van der Waals surface area contributed by atoms with Crippen LogP contribution in [-0.2, 0) is 11.2 Å². The van der Waals surface area contributed by atoms with Crippen LogP contribution in [0.2, 0.25) is 0 Å². The van der Waals surface area contributed by atoms with E-state index in [1.165, 1.54) is 6.07 Å². The quantitative estimate of drug-likeness (QED) is 0.874. The van der Waals surface area contributed by atoms with Crippen LogP contribution in [0.15, 0.2) is 18.2 Å². The summed E-state index contributed by atoms with van der Waals surface area (Å²) in [4.78, 5) is 15.5. The molecule has 0 aliphatic rings. The number of amides is 1. The van der Waals surface area contributed by atoms with Crippen molar-refractivity contribution >= 4 is 11.9 Å². The van der Waals surface area contributed by atoms with Gasteiger partial charge in [-0.1, -0.05) is 6.07 Å². The second-order valence-corrected chi connectivity index (χ2v) is 3.82. The molecule has 0 fully saturated rings. The molecule has 0 spiro atoms. The minimum absolute atomic E-state index is 0.0511. The third kappa shape index (κ3) is 3.28. The van der Waals surface area contributed by atoms with Crippen LogP contribution in [0.4, 0.5) is 14.7 Å². The number of aromatic nitrogens is 3. The summed E-state index contributed by atoms with van der Waals surface area (Å²) in [6.07, 6.45) is -0.441. The van der Waals surface area contributed by atoms with Gasteiger partial charge in [-0.3, -0.25) is 10.1 Å². The Labute approximate surface area is 113 Å². The van der Waals surface area contributed by atoms with Crippen LogP contribution < -0.4 is 10.1 Å². The number of ether oxygens (including phenoxy) is 1. The van der Waals surface area contributed by atoms with Crippen molar-refractivity contribution < 1.29 is 18.3 Å². The van der Waals surface area contributed by atoms with Crippen molar-refractivity contribution in [3.05, 3.63) is 35.4 Å². The maximum absolute atomic E-state index is 13.4. The summed E-state index contributed by atoms with van der Waals surface area (Å²) in [5.74, 6) is -2.11. The van der Waals surface area contributed by atoms with Crippen LogP contribution in [0.3, 0.4) is 0 Å². The van der Waals surface area contributed by atoms with Gasteiger partial charge in [0.15, 0.2) is 0 Å². The van der Waals surface area contributed by atoms with Crippen LogP contribution in [0, 0.1) is 11.6 Å². The highest BCUT2D eigenvalue weighted by Crippen LogP contribution is 2.13. The maximum atomic E-state index is 13.4. The highest BCUT2D eigenvalue weighted by Gasteiger charge is 2.14. The number of nitrogens with zero attached hydrogens (tertiary/aromatic N) is 2. The number of carbonyl (C=O) groups excluding carboxylic acids is 1. The Morgan fingerprint density at radius 1 is 1.40 bits per heavy atom. The summed E-state index contributed by atoms with van der Waals surface area (Å²) in [5, 5.41) is 8.45. The molecule has 1 aromatic heterocycles. The Hall–Kier alpha value is -2.51. The Balaban J connectivity index is 2.01. The lowest BCUT2D eigenvalue weighted by molar-refractivity contribution is -0.115. The molecule has 1 aromatic carbocycles. The van der Waals surface area contributed by atoms with Crippen LogP contribution in [0.1, 0.15) is 12.5 Å². The van der Waals surface area contributed by atoms with Gasteiger partial charge in [0.25, 0.3) is 0 Å². The van der Waals surface area contributed by atoms with Gasteiger partial charge in [0, 0.05) is 5.56 Å². The Morgan fingerprint density at radius 2 is 2.10 bits per heavy atom. The number of rotatable bonds is 5. The number of hydrogen-bond acceptors (Lipinski definition) is 4. The van der Waals surface area contributed by atoms with Crippen LogP contribution in [-0.4, -0.2) is 27.7 Å². The molecule has 8 heteroatoms. The van der Waals surface area contributed by atoms with Gasteiger partial charge in [0.2, 0.25) is 11.9 Å². The average Bonchev–Trinajstić information content (AvgIpc) is 2.82. The first-order valence-electron chi connectivity index (χ1n) is 5.88. The predicted octanol–water partition coefficient (Wildman–Crippen LogP) is 1.66. The molecule has 0 radical (unpaired) electrons. The van der Waals surface area contributed by atoms with E-state index in [4.69, 9.17) is 4.74 Å². The Morgan fingerprint density at radius 3 is 2.75 bits per heavy atom. The van der Waals surface area contributed by atoms with E-state index in [9.17, 15) is 13.6 Å². The summed E-state index contributed by atoms with van der Waals surface area (Å²) in [6.45, 7) is 2.14. The number of carbonyl (C=O) groups is 1. The van der Waals surface area contributed by atoms with Gasteiger partial charge < -0.3 is 4.74 Å². The standard InChI is InChI=1S/C12H12F2N4O2/c1-2-20-12-16-11(17-18-12)15-10(19)6-7-8(13)4-3-5-9(7)14/h3-5H,2,6H2,1H3,(H2,15,16,17,18,19). The normalized spacial score (nSPS) is 10.3. The van der Waals surface area contributed by atoms with E-state index in [1.807, 2.05) is 0 Å². The van der Waals surface area contributed by atoms with Gasteiger partial charge in [-0.25, -0.2) is 13.9 Å². The van der Waals surface area contributed by atoms with Crippen molar-refractivity contribution in [3.63, 3.8) is 0 Å². The molecule has 6 nitrogen and oxygen atoms in total. The van der Waals surface area contributed by atoms with E-state index in [1.54, 1.807) is 6.92 Å². The molecule has 2 rings (SSSR count). The molecular formula is C12H12F2N4O2. The fourth-order valence-electron chi connectivity index (χ4n) is 1.53. The zero-order valence-electron chi connectivity index (χ0n) is 10.6. The lowest BCUT2D eigenvalue weighted by Gasteiger charge is -2.04. The first kappa shape index (κ1) is 13.9. The lowest BCUT2D eigenvalue weighted by Crippen LogP contribution is -2.17. The van der Waals surface area contributed by atoms with E-state index in [0.717, 1.165) is 12.1 Å². The number of halogens is 2.